The SMILES string of the molecule is O=C(Nc1ccccc1S(=O)(=O)C(F)F)C1CCNCC1. The van der Waals surface area contributed by atoms with Crippen LogP contribution in [-0.2, 0) is 14.6 Å². The number of rotatable bonds is 4. The molecule has 0 unspecified atom stereocenters. The topological polar surface area (TPSA) is 75.3 Å². The number of para-hydroxylation sites is 1. The summed E-state index contributed by atoms with van der Waals surface area (Å²) in [7, 11) is -4.74. The molecule has 2 rings (SSSR count). The molecule has 1 heterocycles. The van der Waals surface area contributed by atoms with Crippen molar-refractivity contribution in [3.05, 3.63) is 24.3 Å². The molecule has 1 saturated heterocycles. The van der Waals surface area contributed by atoms with Crippen molar-refractivity contribution >= 4 is 21.4 Å². The van der Waals surface area contributed by atoms with Gasteiger partial charge in [0, 0.05) is 5.92 Å². The molecule has 2 N–H and O–H groups in total. The second kappa shape index (κ2) is 6.48. The number of hydrogen-bond donors (Lipinski definition) is 2. The van der Waals surface area contributed by atoms with Crippen LogP contribution in [0.5, 0.6) is 0 Å². The fourth-order valence-corrected chi connectivity index (χ4v) is 3.12. The predicted octanol–water partition coefficient (Wildman–Crippen LogP) is 1.62. The van der Waals surface area contributed by atoms with Gasteiger partial charge in [0.05, 0.1) is 10.6 Å². The summed E-state index contributed by atoms with van der Waals surface area (Å²) in [6.07, 6.45) is 1.27. The van der Waals surface area contributed by atoms with Gasteiger partial charge < -0.3 is 10.6 Å². The minimum Gasteiger partial charge on any atom is -0.325 e. The lowest BCUT2D eigenvalue weighted by atomic mass is 9.97. The molecule has 116 valence electrons. The Morgan fingerprint density at radius 1 is 1.24 bits per heavy atom. The molecule has 1 fully saturated rings. The molecule has 0 atom stereocenters. The van der Waals surface area contributed by atoms with E-state index < -0.39 is 20.5 Å². The van der Waals surface area contributed by atoms with Gasteiger partial charge in [-0.15, -0.1) is 0 Å². The van der Waals surface area contributed by atoms with Crippen LogP contribution in [0.4, 0.5) is 14.5 Å². The summed E-state index contributed by atoms with van der Waals surface area (Å²) in [5.41, 5.74) is -0.0960. The quantitative estimate of drug-likeness (QED) is 0.884. The van der Waals surface area contributed by atoms with Crippen LogP contribution in [-0.4, -0.2) is 33.2 Å². The molecule has 1 aromatic rings. The second-order valence-corrected chi connectivity index (χ2v) is 6.70. The van der Waals surface area contributed by atoms with Gasteiger partial charge in [-0.3, -0.25) is 4.79 Å². The Kier molecular flexibility index (Phi) is 4.89. The lowest BCUT2D eigenvalue weighted by Crippen LogP contribution is -2.34. The molecule has 1 amide bonds. The Labute approximate surface area is 121 Å². The summed E-state index contributed by atoms with van der Waals surface area (Å²) >= 11 is 0. The molecule has 0 spiro atoms. The van der Waals surface area contributed by atoms with Gasteiger partial charge in [-0.1, -0.05) is 12.1 Å². The maximum Gasteiger partial charge on any atom is 0.341 e. The van der Waals surface area contributed by atoms with Crippen LogP contribution in [0.2, 0.25) is 0 Å². The van der Waals surface area contributed by atoms with Crippen LogP contribution in [0.25, 0.3) is 0 Å². The number of hydrogen-bond acceptors (Lipinski definition) is 4. The van der Waals surface area contributed by atoms with Gasteiger partial charge in [0.1, 0.15) is 0 Å². The minimum atomic E-state index is -4.74. The van der Waals surface area contributed by atoms with Gasteiger partial charge in [0.15, 0.2) is 0 Å². The zero-order chi connectivity index (χ0) is 15.5. The normalized spacial score (nSPS) is 16.9. The summed E-state index contributed by atoms with van der Waals surface area (Å²) in [5, 5.41) is 5.57. The number of amides is 1. The smallest absolute Gasteiger partial charge is 0.325 e. The van der Waals surface area contributed by atoms with Gasteiger partial charge in [-0.05, 0) is 38.1 Å². The van der Waals surface area contributed by atoms with E-state index in [9.17, 15) is 22.0 Å². The maximum absolute atomic E-state index is 12.7. The summed E-state index contributed by atoms with van der Waals surface area (Å²) < 4.78 is 48.5. The molecule has 8 heteroatoms. The molecular formula is C13H16F2N2O3S. The van der Waals surface area contributed by atoms with Gasteiger partial charge in [-0.2, -0.15) is 8.78 Å². The zero-order valence-electron chi connectivity index (χ0n) is 11.2. The van der Waals surface area contributed by atoms with E-state index in [2.05, 4.69) is 10.6 Å². The molecule has 21 heavy (non-hydrogen) atoms. The number of carbonyl (C=O) groups is 1. The minimum absolute atomic E-state index is 0.0960. The highest BCUT2D eigenvalue weighted by molar-refractivity contribution is 7.91. The number of benzene rings is 1. The summed E-state index contributed by atoms with van der Waals surface area (Å²) in [4.78, 5) is 11.5. The molecular weight excluding hydrogens is 302 g/mol. The first-order valence-corrected chi connectivity index (χ1v) is 8.10. The van der Waals surface area contributed by atoms with Crippen LogP contribution in [0, 0.1) is 5.92 Å². The Balaban J connectivity index is 2.23. The van der Waals surface area contributed by atoms with Crippen molar-refractivity contribution in [2.24, 2.45) is 5.92 Å². The highest BCUT2D eigenvalue weighted by atomic mass is 32.2. The highest BCUT2D eigenvalue weighted by Crippen LogP contribution is 2.27. The van der Waals surface area contributed by atoms with E-state index in [0.717, 1.165) is 6.07 Å². The van der Waals surface area contributed by atoms with Crippen LogP contribution >= 0.6 is 0 Å². The van der Waals surface area contributed by atoms with Crippen LogP contribution in [0.3, 0.4) is 0 Å². The Morgan fingerprint density at radius 3 is 2.48 bits per heavy atom. The molecule has 1 aromatic carbocycles. The van der Waals surface area contributed by atoms with Crippen molar-refractivity contribution in [2.45, 2.75) is 23.5 Å². The van der Waals surface area contributed by atoms with E-state index in [4.69, 9.17) is 0 Å². The van der Waals surface area contributed by atoms with Gasteiger partial charge in [0.25, 0.3) is 0 Å². The van der Waals surface area contributed by atoms with Crippen molar-refractivity contribution < 1.29 is 22.0 Å². The third kappa shape index (κ3) is 3.56. The number of sulfone groups is 1. The van der Waals surface area contributed by atoms with E-state index in [0.29, 0.717) is 25.9 Å². The Morgan fingerprint density at radius 2 is 1.86 bits per heavy atom. The summed E-state index contributed by atoms with van der Waals surface area (Å²) in [6.45, 7) is 1.41. The number of anilines is 1. The van der Waals surface area contributed by atoms with E-state index in [1.807, 2.05) is 0 Å². The van der Waals surface area contributed by atoms with Gasteiger partial charge in [0.2, 0.25) is 15.7 Å². The Bertz CT molecular complexity index is 614. The Hall–Kier alpha value is -1.54. The largest absolute Gasteiger partial charge is 0.341 e. The van der Waals surface area contributed by atoms with E-state index >= 15 is 0 Å². The number of piperidine rings is 1. The standard InChI is InChI=1S/C13H16F2N2O3S/c14-13(15)21(19,20)11-4-2-1-3-10(11)17-12(18)9-5-7-16-8-6-9/h1-4,9,13,16H,5-8H2,(H,17,18). The molecule has 0 radical (unpaired) electrons. The van der Waals surface area contributed by atoms with Crippen molar-refractivity contribution in [1.29, 1.82) is 0 Å². The molecule has 1 aliphatic heterocycles. The number of alkyl halides is 2. The average Bonchev–Trinajstić information content (AvgIpc) is 2.48. The third-order valence-corrected chi connectivity index (χ3v) is 4.83. The maximum atomic E-state index is 12.7. The monoisotopic (exact) mass is 318 g/mol. The molecule has 0 aromatic heterocycles. The van der Waals surface area contributed by atoms with Crippen LogP contribution < -0.4 is 10.6 Å². The lowest BCUT2D eigenvalue weighted by Gasteiger charge is -2.22. The number of carbonyl (C=O) groups excluding carboxylic acids is 1. The first-order valence-electron chi connectivity index (χ1n) is 6.55. The van der Waals surface area contributed by atoms with Crippen LogP contribution in [0.15, 0.2) is 29.2 Å². The second-order valence-electron chi connectivity index (χ2n) is 4.82. The first-order chi connectivity index (χ1) is 9.93. The summed E-state index contributed by atoms with van der Waals surface area (Å²) in [5.74, 6) is -4.10. The predicted molar refractivity (Wildman–Crippen MR) is 73.9 cm³/mol. The summed E-state index contributed by atoms with van der Waals surface area (Å²) in [6, 6.07) is 5.21. The van der Waals surface area contributed by atoms with Gasteiger partial charge >= 0.3 is 5.76 Å². The van der Waals surface area contributed by atoms with Crippen molar-refractivity contribution in [3.63, 3.8) is 0 Å². The molecule has 5 nitrogen and oxygen atoms in total. The zero-order valence-corrected chi connectivity index (χ0v) is 12.0. The number of halogens is 2. The molecule has 0 saturated carbocycles. The van der Waals surface area contributed by atoms with E-state index in [-0.39, 0.29) is 17.5 Å². The average molecular weight is 318 g/mol. The third-order valence-electron chi connectivity index (χ3n) is 3.40. The van der Waals surface area contributed by atoms with E-state index in [1.165, 1.54) is 18.2 Å². The molecule has 0 bridgehead atoms. The van der Waals surface area contributed by atoms with Crippen molar-refractivity contribution in [3.8, 4) is 0 Å². The van der Waals surface area contributed by atoms with Crippen molar-refractivity contribution in [2.75, 3.05) is 18.4 Å². The molecule has 0 aliphatic carbocycles. The lowest BCUT2D eigenvalue weighted by molar-refractivity contribution is -0.120. The fourth-order valence-electron chi connectivity index (χ4n) is 2.23. The fraction of sp³-hybridized carbons (Fsp3) is 0.462. The van der Waals surface area contributed by atoms with Crippen molar-refractivity contribution in [1.82, 2.24) is 5.32 Å². The van der Waals surface area contributed by atoms with E-state index in [1.54, 1.807) is 0 Å². The highest BCUT2D eigenvalue weighted by Gasteiger charge is 2.30. The number of nitrogens with one attached hydrogen (secondary N) is 2. The molecule has 1 aliphatic rings. The first kappa shape index (κ1) is 15.8. The van der Waals surface area contributed by atoms with Gasteiger partial charge in [-0.25, -0.2) is 8.42 Å². The van der Waals surface area contributed by atoms with Crippen LogP contribution in [0.1, 0.15) is 12.8 Å².